The largest absolute Gasteiger partial charge is 0.493 e. The molecule has 2 amide bonds. The van der Waals surface area contributed by atoms with Crippen molar-refractivity contribution in [1.29, 1.82) is 0 Å². The number of thiophene rings is 1. The second kappa shape index (κ2) is 12.5. The summed E-state index contributed by atoms with van der Waals surface area (Å²) in [6.45, 7) is 4.24. The highest BCUT2D eigenvalue weighted by atomic mass is 32.2. The molecular weight excluding hydrogens is 552 g/mol. The summed E-state index contributed by atoms with van der Waals surface area (Å²) in [6.07, 6.45) is 5.42. The topological polar surface area (TPSA) is 108 Å². The van der Waals surface area contributed by atoms with E-state index in [9.17, 15) is 18.0 Å². The predicted octanol–water partition coefficient (Wildman–Crippen LogP) is 2.79. The van der Waals surface area contributed by atoms with Crippen LogP contribution < -0.4 is 14.2 Å². The average molecular weight is 591 g/mol. The van der Waals surface area contributed by atoms with Crippen LogP contribution in [0.15, 0.2) is 33.9 Å². The van der Waals surface area contributed by atoms with Gasteiger partial charge in [0, 0.05) is 25.7 Å². The van der Waals surface area contributed by atoms with Gasteiger partial charge in [0.05, 0.1) is 20.8 Å². The number of benzene rings is 1. The highest BCUT2D eigenvalue weighted by Gasteiger charge is 2.36. The molecule has 3 aliphatic rings. The van der Waals surface area contributed by atoms with E-state index in [1.54, 1.807) is 37.8 Å². The molecule has 12 heteroatoms. The zero-order chi connectivity index (χ0) is 28.3. The van der Waals surface area contributed by atoms with Crippen LogP contribution in [0.4, 0.5) is 0 Å². The predicted molar refractivity (Wildman–Crippen MR) is 153 cm³/mol. The minimum atomic E-state index is -3.93. The Morgan fingerprint density at radius 3 is 2.48 bits per heavy atom. The number of hydrogen-bond donors (Lipinski definition) is 1. The van der Waals surface area contributed by atoms with Gasteiger partial charge in [-0.3, -0.25) is 9.59 Å². The maximum atomic E-state index is 13.3. The summed E-state index contributed by atoms with van der Waals surface area (Å²) in [4.78, 5) is 32.4. The SMILES string of the molecule is COc1ccc(-c2csc(S(=O)(=O)N[C@H]3CCCN(CC(=O)N4CCC[C@H]4CN4CCCC4)C3=O)c2)cc1OC. The van der Waals surface area contributed by atoms with Crippen LogP contribution in [0.1, 0.15) is 38.5 Å². The van der Waals surface area contributed by atoms with Gasteiger partial charge in [-0.1, -0.05) is 6.07 Å². The number of hydrogen-bond acceptors (Lipinski definition) is 8. The average Bonchev–Trinajstić information content (AvgIpc) is 3.73. The lowest BCUT2D eigenvalue weighted by molar-refractivity contribution is -0.143. The normalized spacial score (nSPS) is 22.2. The molecule has 3 saturated heterocycles. The van der Waals surface area contributed by atoms with Gasteiger partial charge < -0.3 is 24.2 Å². The molecule has 0 radical (unpaired) electrons. The van der Waals surface area contributed by atoms with Crippen LogP contribution in [-0.4, -0.2) is 101 Å². The Bertz CT molecular complexity index is 1320. The van der Waals surface area contributed by atoms with Crippen LogP contribution in [0.25, 0.3) is 11.1 Å². The molecule has 5 rings (SSSR count). The van der Waals surface area contributed by atoms with Gasteiger partial charge in [0.25, 0.3) is 10.0 Å². The summed E-state index contributed by atoms with van der Waals surface area (Å²) in [5, 5.41) is 1.76. The van der Waals surface area contributed by atoms with Gasteiger partial charge in [0.1, 0.15) is 10.3 Å². The molecule has 0 saturated carbocycles. The third-order valence-electron chi connectivity index (χ3n) is 8.08. The van der Waals surface area contributed by atoms with Crippen LogP contribution in [0.3, 0.4) is 0 Å². The van der Waals surface area contributed by atoms with E-state index in [1.165, 1.54) is 17.7 Å². The van der Waals surface area contributed by atoms with Gasteiger partial charge in [-0.25, -0.2) is 8.42 Å². The van der Waals surface area contributed by atoms with Crippen molar-refractivity contribution in [2.45, 2.75) is 54.8 Å². The first-order valence-corrected chi connectivity index (χ1v) is 16.3. The van der Waals surface area contributed by atoms with Crippen molar-refractivity contribution < 1.29 is 27.5 Å². The summed E-state index contributed by atoms with van der Waals surface area (Å²) < 4.78 is 39.9. The van der Waals surface area contributed by atoms with Crippen molar-refractivity contribution >= 4 is 33.2 Å². The molecule has 2 aromatic rings. The van der Waals surface area contributed by atoms with Crippen LogP contribution in [-0.2, 0) is 19.6 Å². The molecule has 1 aromatic heterocycles. The Kier molecular flexibility index (Phi) is 8.98. The zero-order valence-electron chi connectivity index (χ0n) is 23.1. The van der Waals surface area contributed by atoms with E-state index in [1.807, 2.05) is 11.0 Å². The quantitative estimate of drug-likeness (QED) is 0.453. The number of methoxy groups -OCH3 is 2. The van der Waals surface area contributed by atoms with E-state index in [-0.39, 0.29) is 28.6 Å². The highest BCUT2D eigenvalue weighted by Crippen LogP contribution is 2.35. The molecule has 0 aliphatic carbocycles. The fourth-order valence-electron chi connectivity index (χ4n) is 5.95. The number of likely N-dealkylation sites (tertiary alicyclic amines) is 3. The Morgan fingerprint density at radius 2 is 1.73 bits per heavy atom. The molecule has 40 heavy (non-hydrogen) atoms. The van der Waals surface area contributed by atoms with E-state index in [0.29, 0.717) is 30.9 Å². The number of nitrogens with zero attached hydrogens (tertiary/aromatic N) is 3. The highest BCUT2D eigenvalue weighted by molar-refractivity contribution is 7.91. The smallest absolute Gasteiger partial charge is 0.250 e. The first-order chi connectivity index (χ1) is 19.3. The molecule has 0 bridgehead atoms. The lowest BCUT2D eigenvalue weighted by atomic mass is 10.1. The first kappa shape index (κ1) is 28.8. The molecule has 2 atom stereocenters. The van der Waals surface area contributed by atoms with Gasteiger partial charge in [-0.05, 0) is 86.3 Å². The Hall–Kier alpha value is -2.67. The van der Waals surface area contributed by atoms with Crippen molar-refractivity contribution in [2.24, 2.45) is 0 Å². The van der Waals surface area contributed by atoms with Gasteiger partial charge in [-0.2, -0.15) is 4.72 Å². The first-order valence-electron chi connectivity index (χ1n) is 13.9. The van der Waals surface area contributed by atoms with Crippen molar-refractivity contribution in [2.75, 3.05) is 53.5 Å². The number of carbonyl (C=O) groups excluding carboxylic acids is 2. The van der Waals surface area contributed by atoms with Gasteiger partial charge in [0.2, 0.25) is 11.8 Å². The van der Waals surface area contributed by atoms with E-state index in [0.717, 1.165) is 61.5 Å². The zero-order valence-corrected chi connectivity index (χ0v) is 24.8. The molecule has 1 aromatic carbocycles. The number of sulfonamides is 1. The minimum absolute atomic E-state index is 0.00395. The number of ether oxygens (including phenoxy) is 2. The van der Waals surface area contributed by atoms with Crippen molar-refractivity contribution in [3.8, 4) is 22.6 Å². The second-order valence-electron chi connectivity index (χ2n) is 10.7. The number of rotatable bonds is 10. The lowest BCUT2D eigenvalue weighted by Crippen LogP contribution is -2.55. The second-order valence-corrected chi connectivity index (χ2v) is 13.5. The van der Waals surface area contributed by atoms with Crippen LogP contribution >= 0.6 is 11.3 Å². The Balaban J connectivity index is 1.22. The molecule has 0 unspecified atom stereocenters. The maximum absolute atomic E-state index is 13.3. The maximum Gasteiger partial charge on any atom is 0.250 e. The summed E-state index contributed by atoms with van der Waals surface area (Å²) in [5.41, 5.74) is 1.52. The van der Waals surface area contributed by atoms with Gasteiger partial charge in [0.15, 0.2) is 11.5 Å². The number of carbonyl (C=O) groups is 2. The van der Waals surface area contributed by atoms with Crippen LogP contribution in [0.2, 0.25) is 0 Å². The van der Waals surface area contributed by atoms with Gasteiger partial charge in [-0.15, -0.1) is 11.3 Å². The van der Waals surface area contributed by atoms with Crippen molar-refractivity contribution in [3.63, 3.8) is 0 Å². The summed E-state index contributed by atoms with van der Waals surface area (Å²) in [6, 6.07) is 6.29. The monoisotopic (exact) mass is 590 g/mol. The minimum Gasteiger partial charge on any atom is -0.493 e. The van der Waals surface area contributed by atoms with Gasteiger partial charge >= 0.3 is 0 Å². The molecule has 3 aliphatic heterocycles. The fraction of sp³-hybridized carbons (Fsp3) is 0.571. The van der Waals surface area contributed by atoms with Crippen LogP contribution in [0.5, 0.6) is 11.5 Å². The molecule has 218 valence electrons. The lowest BCUT2D eigenvalue weighted by Gasteiger charge is -2.34. The van der Waals surface area contributed by atoms with E-state index < -0.39 is 16.1 Å². The van der Waals surface area contributed by atoms with Crippen molar-refractivity contribution in [3.05, 3.63) is 29.6 Å². The molecular formula is C28H38N4O6S2. The van der Waals surface area contributed by atoms with Crippen LogP contribution in [0, 0.1) is 0 Å². The summed E-state index contributed by atoms with van der Waals surface area (Å²) >= 11 is 1.09. The van der Waals surface area contributed by atoms with Crippen molar-refractivity contribution in [1.82, 2.24) is 19.4 Å². The van der Waals surface area contributed by atoms with E-state index >= 15 is 0 Å². The number of nitrogens with one attached hydrogen (secondary N) is 1. The molecule has 3 fully saturated rings. The Labute approximate surface area is 240 Å². The number of amides is 2. The molecule has 1 N–H and O–H groups in total. The Morgan fingerprint density at radius 1 is 0.975 bits per heavy atom. The van der Waals surface area contributed by atoms with E-state index in [2.05, 4.69) is 9.62 Å². The summed E-state index contributed by atoms with van der Waals surface area (Å²) in [7, 11) is -0.831. The molecule has 10 nitrogen and oxygen atoms in total. The fourth-order valence-corrected chi connectivity index (χ4v) is 8.38. The third-order valence-corrected chi connectivity index (χ3v) is 11.0. The molecule has 0 spiro atoms. The standard InChI is InChI=1S/C28H38N4O6S2/c1-37-24-10-9-20(15-25(24)38-2)21-16-27(39-19-21)40(35,36)29-23-8-6-13-31(28(23)34)18-26(33)32-14-5-7-22(32)17-30-11-3-4-12-30/h9-10,15-16,19,22-23,29H,3-8,11-14,17-18H2,1-2H3/t22-,23-/m0/s1. The molecule has 4 heterocycles. The number of piperidine rings is 1. The summed E-state index contributed by atoms with van der Waals surface area (Å²) in [5.74, 6) is 0.751. The third kappa shape index (κ3) is 6.29. The van der Waals surface area contributed by atoms with E-state index in [4.69, 9.17) is 9.47 Å².